The van der Waals surface area contributed by atoms with E-state index in [1.807, 2.05) is 0 Å². The molecule has 9 heteroatoms. The molecule has 0 radical (unpaired) electrons. The largest absolute Gasteiger partial charge is 0.306 e. The van der Waals surface area contributed by atoms with Gasteiger partial charge in [-0.25, -0.2) is 15.8 Å². The first-order chi connectivity index (χ1) is 7.12. The Labute approximate surface area is 94.0 Å². The first-order valence-electron chi connectivity index (χ1n) is 3.71. The van der Waals surface area contributed by atoms with Crippen LogP contribution in [0.3, 0.4) is 0 Å². The van der Waals surface area contributed by atoms with E-state index in [-0.39, 0.29) is 9.47 Å². The van der Waals surface area contributed by atoms with Gasteiger partial charge in [-0.3, -0.25) is 0 Å². The summed E-state index contributed by atoms with van der Waals surface area (Å²) in [6, 6.07) is 0. The lowest BCUT2D eigenvalue weighted by molar-refractivity contribution is 0.591. The molecule has 2 aromatic rings. The molecule has 0 aliphatic rings. The molecule has 0 saturated carbocycles. The fraction of sp³-hybridized carbons (Fsp3) is 0. The maximum atomic E-state index is 11.8. The van der Waals surface area contributed by atoms with E-state index in [2.05, 4.69) is 9.97 Å². The van der Waals surface area contributed by atoms with Crippen LogP contribution in [0, 0.1) is 0 Å². The molecule has 0 aliphatic carbocycles. The van der Waals surface area contributed by atoms with Crippen LogP contribution in [0.25, 0.3) is 0 Å². The van der Waals surface area contributed by atoms with Crippen molar-refractivity contribution in [3.8, 4) is 0 Å². The fourth-order valence-electron chi connectivity index (χ4n) is 0.849. The van der Waals surface area contributed by atoms with Gasteiger partial charge in [0.1, 0.15) is 0 Å². The summed E-state index contributed by atoms with van der Waals surface area (Å²) in [7, 11) is -3.75. The zero-order valence-electron chi connectivity index (χ0n) is 7.27. The number of sulfonamides is 1. The third-order valence-corrected chi connectivity index (χ3v) is 5.11. The monoisotopic (exact) mass is 262 g/mol. The van der Waals surface area contributed by atoms with Gasteiger partial charge < -0.3 is 0 Å². The van der Waals surface area contributed by atoms with Gasteiger partial charge in [0, 0.05) is 23.2 Å². The van der Waals surface area contributed by atoms with E-state index in [4.69, 9.17) is 5.84 Å². The van der Waals surface area contributed by atoms with E-state index in [1.165, 1.54) is 12.4 Å². The summed E-state index contributed by atoms with van der Waals surface area (Å²) >= 11 is 2.15. The zero-order valence-corrected chi connectivity index (χ0v) is 9.72. The Balaban J connectivity index is 2.40. The van der Waals surface area contributed by atoms with Gasteiger partial charge in [0.2, 0.25) is 9.47 Å². The van der Waals surface area contributed by atoms with Gasteiger partial charge in [-0.15, -0.1) is 22.7 Å². The Morgan fingerprint density at radius 2 is 1.87 bits per heavy atom. The molecule has 0 atom stereocenters. The summed E-state index contributed by atoms with van der Waals surface area (Å²) in [6.07, 6.45) is 2.89. The lowest BCUT2D eigenvalue weighted by Crippen LogP contribution is -2.37. The van der Waals surface area contributed by atoms with Gasteiger partial charge in [-0.05, 0) is 0 Å². The molecule has 0 fully saturated rings. The van der Waals surface area contributed by atoms with E-state index in [9.17, 15) is 8.42 Å². The molecule has 0 bridgehead atoms. The number of hydrazine groups is 1. The highest BCUT2D eigenvalue weighted by Crippen LogP contribution is 2.22. The van der Waals surface area contributed by atoms with Gasteiger partial charge in [0.25, 0.3) is 0 Å². The van der Waals surface area contributed by atoms with Crippen LogP contribution in [0.4, 0.5) is 5.13 Å². The van der Waals surface area contributed by atoms with Crippen LogP contribution >= 0.6 is 22.7 Å². The second kappa shape index (κ2) is 3.85. The molecule has 0 saturated heterocycles. The first kappa shape index (κ1) is 10.5. The van der Waals surface area contributed by atoms with Crippen LogP contribution < -0.4 is 10.3 Å². The third-order valence-electron chi connectivity index (χ3n) is 1.50. The predicted molar refractivity (Wildman–Crippen MR) is 58.1 cm³/mol. The molecule has 0 unspecified atom stereocenters. The summed E-state index contributed by atoms with van der Waals surface area (Å²) in [5.41, 5.74) is 0. The van der Waals surface area contributed by atoms with Crippen molar-refractivity contribution in [2.24, 2.45) is 5.84 Å². The van der Waals surface area contributed by atoms with E-state index in [0.29, 0.717) is 4.41 Å². The van der Waals surface area contributed by atoms with Crippen molar-refractivity contribution in [2.45, 2.75) is 4.34 Å². The summed E-state index contributed by atoms with van der Waals surface area (Å²) in [4.78, 5) is 7.51. The number of aromatic nitrogens is 2. The molecule has 2 N–H and O–H groups in total. The highest BCUT2D eigenvalue weighted by atomic mass is 32.2. The minimum atomic E-state index is -3.75. The highest BCUT2D eigenvalue weighted by Gasteiger charge is 2.26. The number of rotatable bonds is 3. The Kier molecular flexibility index (Phi) is 2.69. The number of hydrogen-bond donors (Lipinski definition) is 1. The summed E-state index contributed by atoms with van der Waals surface area (Å²) in [6.45, 7) is 0. The normalized spacial score (nSPS) is 11.5. The van der Waals surface area contributed by atoms with Crippen molar-refractivity contribution in [1.82, 2.24) is 9.97 Å². The summed E-state index contributed by atoms with van der Waals surface area (Å²) in [5, 5.41) is 3.43. The number of nitrogens with two attached hydrogens (primary N) is 1. The van der Waals surface area contributed by atoms with Crippen LogP contribution in [0.2, 0.25) is 0 Å². The fourth-order valence-corrected chi connectivity index (χ4v) is 3.61. The van der Waals surface area contributed by atoms with Crippen LogP contribution in [-0.2, 0) is 10.0 Å². The molecule has 80 valence electrons. The Bertz CT molecular complexity index is 519. The summed E-state index contributed by atoms with van der Waals surface area (Å²) in [5.74, 6) is 5.47. The first-order valence-corrected chi connectivity index (χ1v) is 6.91. The molecule has 0 aliphatic heterocycles. The maximum Gasteiger partial charge on any atom is 0.306 e. The van der Waals surface area contributed by atoms with Gasteiger partial charge >= 0.3 is 10.0 Å². The molecule has 0 amide bonds. The van der Waals surface area contributed by atoms with Crippen molar-refractivity contribution in [3.05, 3.63) is 23.2 Å². The molecule has 2 rings (SSSR count). The molecule has 15 heavy (non-hydrogen) atoms. The lowest BCUT2D eigenvalue weighted by Gasteiger charge is -2.12. The van der Waals surface area contributed by atoms with Crippen LogP contribution in [0.15, 0.2) is 27.5 Å². The second-order valence-electron chi connectivity index (χ2n) is 2.41. The average molecular weight is 262 g/mol. The second-order valence-corrected chi connectivity index (χ2v) is 6.17. The summed E-state index contributed by atoms with van der Waals surface area (Å²) < 4.78 is 24.2. The number of thiazole rings is 2. The molecule has 6 nitrogen and oxygen atoms in total. The van der Waals surface area contributed by atoms with E-state index < -0.39 is 10.0 Å². The quantitative estimate of drug-likeness (QED) is 0.648. The van der Waals surface area contributed by atoms with Gasteiger partial charge in [0.15, 0.2) is 0 Å². The standard InChI is InChI=1S/C6H6N4O2S3/c7-10(5-8-1-3-13-5)15(11,12)6-9-2-4-14-6/h1-4H,7H2. The Morgan fingerprint density at radius 1 is 1.20 bits per heavy atom. The SMILES string of the molecule is NN(c1nccs1)S(=O)(=O)c1nccs1. The molecule has 0 spiro atoms. The van der Waals surface area contributed by atoms with E-state index >= 15 is 0 Å². The molecule has 2 aromatic heterocycles. The molecule has 0 aromatic carbocycles. The van der Waals surface area contributed by atoms with Crippen molar-refractivity contribution in [1.29, 1.82) is 0 Å². The number of nitrogens with zero attached hydrogens (tertiary/aromatic N) is 3. The van der Waals surface area contributed by atoms with Crippen molar-refractivity contribution >= 4 is 37.8 Å². The maximum absolute atomic E-state index is 11.8. The Hall–Kier alpha value is -1.03. The smallest absolute Gasteiger partial charge is 0.232 e. The topological polar surface area (TPSA) is 89.2 Å². The van der Waals surface area contributed by atoms with Crippen LogP contribution in [-0.4, -0.2) is 18.4 Å². The van der Waals surface area contributed by atoms with Crippen molar-refractivity contribution in [2.75, 3.05) is 4.41 Å². The van der Waals surface area contributed by atoms with Crippen molar-refractivity contribution in [3.63, 3.8) is 0 Å². The van der Waals surface area contributed by atoms with Gasteiger partial charge in [-0.2, -0.15) is 12.8 Å². The van der Waals surface area contributed by atoms with Gasteiger partial charge in [0.05, 0.1) is 0 Å². The molecule has 2 heterocycles. The van der Waals surface area contributed by atoms with E-state index in [0.717, 1.165) is 22.7 Å². The zero-order chi connectivity index (χ0) is 10.9. The van der Waals surface area contributed by atoms with Crippen molar-refractivity contribution < 1.29 is 8.42 Å². The van der Waals surface area contributed by atoms with Crippen LogP contribution in [0.5, 0.6) is 0 Å². The Morgan fingerprint density at radius 3 is 2.40 bits per heavy atom. The highest BCUT2D eigenvalue weighted by molar-refractivity contribution is 7.94. The number of hydrogen-bond acceptors (Lipinski definition) is 7. The third kappa shape index (κ3) is 1.86. The predicted octanol–water partition coefficient (Wildman–Crippen LogP) is 0.669. The molecular formula is C6H6N4O2S3. The minimum absolute atomic E-state index is 0.0415. The lowest BCUT2D eigenvalue weighted by atomic mass is 11.0. The number of anilines is 1. The van der Waals surface area contributed by atoms with E-state index in [1.54, 1.807) is 10.8 Å². The average Bonchev–Trinajstić information content (AvgIpc) is 2.89. The minimum Gasteiger partial charge on any atom is -0.232 e. The van der Waals surface area contributed by atoms with Gasteiger partial charge in [-0.1, -0.05) is 0 Å². The van der Waals surface area contributed by atoms with Crippen LogP contribution in [0.1, 0.15) is 0 Å². The molecular weight excluding hydrogens is 256 g/mol.